The Morgan fingerprint density at radius 3 is 2.67 bits per heavy atom. The van der Waals surface area contributed by atoms with Crippen molar-refractivity contribution in [3.63, 3.8) is 0 Å². The molecular formula is C11H21N3O. The summed E-state index contributed by atoms with van der Waals surface area (Å²) >= 11 is 0. The number of rotatable bonds is 3. The molecule has 0 saturated carbocycles. The average Bonchev–Trinajstić information content (AvgIpc) is 2.28. The van der Waals surface area contributed by atoms with Crippen molar-refractivity contribution in [1.29, 1.82) is 0 Å². The molecule has 4 nitrogen and oxygen atoms in total. The van der Waals surface area contributed by atoms with E-state index in [0.717, 1.165) is 19.5 Å². The van der Waals surface area contributed by atoms with Gasteiger partial charge in [0.15, 0.2) is 0 Å². The SMILES string of the molecule is CCCNC(=O)NC1CN2CCC1CC2. The molecule has 3 aliphatic heterocycles. The standard InChI is InChI=1S/C11H21N3O/c1-2-5-12-11(15)13-10-8-14-6-3-9(10)4-7-14/h9-10H,2-8H2,1H3,(H2,12,13,15). The molecule has 1 atom stereocenters. The fourth-order valence-electron chi connectivity index (χ4n) is 2.59. The van der Waals surface area contributed by atoms with Crippen LogP contribution < -0.4 is 10.6 Å². The van der Waals surface area contributed by atoms with Gasteiger partial charge in [0.2, 0.25) is 0 Å². The van der Waals surface area contributed by atoms with Gasteiger partial charge in [0, 0.05) is 19.1 Å². The van der Waals surface area contributed by atoms with Gasteiger partial charge in [-0.3, -0.25) is 0 Å². The highest BCUT2D eigenvalue weighted by molar-refractivity contribution is 5.74. The molecule has 2 bridgehead atoms. The molecule has 15 heavy (non-hydrogen) atoms. The number of hydrogen-bond donors (Lipinski definition) is 2. The number of hydrogen-bond acceptors (Lipinski definition) is 2. The van der Waals surface area contributed by atoms with Crippen molar-refractivity contribution < 1.29 is 4.79 Å². The van der Waals surface area contributed by atoms with Crippen LogP contribution in [0, 0.1) is 5.92 Å². The van der Waals surface area contributed by atoms with E-state index in [9.17, 15) is 4.79 Å². The quantitative estimate of drug-likeness (QED) is 0.725. The predicted octanol–water partition coefficient (Wildman–Crippen LogP) is 0.790. The maximum atomic E-state index is 11.5. The molecule has 0 radical (unpaired) electrons. The highest BCUT2D eigenvalue weighted by Gasteiger charge is 2.34. The van der Waals surface area contributed by atoms with Gasteiger partial charge in [-0.05, 0) is 38.3 Å². The van der Waals surface area contributed by atoms with Crippen LogP contribution in [-0.2, 0) is 0 Å². The van der Waals surface area contributed by atoms with Crippen molar-refractivity contribution in [2.75, 3.05) is 26.2 Å². The zero-order chi connectivity index (χ0) is 10.7. The zero-order valence-electron chi connectivity index (χ0n) is 9.46. The molecule has 4 heteroatoms. The van der Waals surface area contributed by atoms with E-state index in [1.807, 2.05) is 0 Å². The fourth-order valence-corrected chi connectivity index (χ4v) is 2.59. The number of piperidine rings is 3. The van der Waals surface area contributed by atoms with E-state index >= 15 is 0 Å². The summed E-state index contributed by atoms with van der Waals surface area (Å²) in [4.78, 5) is 14.0. The van der Waals surface area contributed by atoms with Gasteiger partial charge in [-0.1, -0.05) is 6.92 Å². The third-order valence-electron chi connectivity index (χ3n) is 3.51. The number of carbonyl (C=O) groups is 1. The Labute approximate surface area is 91.4 Å². The lowest BCUT2D eigenvalue weighted by Crippen LogP contribution is -2.58. The Balaban J connectivity index is 1.77. The second kappa shape index (κ2) is 4.84. The van der Waals surface area contributed by atoms with Crippen molar-refractivity contribution in [3.8, 4) is 0 Å². The predicted molar refractivity (Wildman–Crippen MR) is 59.8 cm³/mol. The topological polar surface area (TPSA) is 44.4 Å². The van der Waals surface area contributed by atoms with Crippen LogP contribution in [0.15, 0.2) is 0 Å². The van der Waals surface area contributed by atoms with Gasteiger partial charge in [-0.25, -0.2) is 4.79 Å². The third kappa shape index (κ3) is 2.62. The lowest BCUT2D eigenvalue weighted by atomic mass is 9.84. The molecule has 0 spiro atoms. The molecule has 2 amide bonds. The Morgan fingerprint density at radius 2 is 2.13 bits per heavy atom. The van der Waals surface area contributed by atoms with Gasteiger partial charge in [0.25, 0.3) is 0 Å². The molecule has 0 aromatic carbocycles. The van der Waals surface area contributed by atoms with Crippen LogP contribution >= 0.6 is 0 Å². The Morgan fingerprint density at radius 1 is 1.40 bits per heavy atom. The largest absolute Gasteiger partial charge is 0.338 e. The first-order valence-electron chi connectivity index (χ1n) is 6.06. The number of urea groups is 1. The van der Waals surface area contributed by atoms with Crippen LogP contribution in [-0.4, -0.2) is 43.2 Å². The molecular weight excluding hydrogens is 190 g/mol. The molecule has 3 heterocycles. The summed E-state index contributed by atoms with van der Waals surface area (Å²) < 4.78 is 0. The minimum Gasteiger partial charge on any atom is -0.338 e. The maximum absolute atomic E-state index is 11.5. The first kappa shape index (κ1) is 10.7. The van der Waals surface area contributed by atoms with Crippen molar-refractivity contribution in [3.05, 3.63) is 0 Å². The molecule has 86 valence electrons. The summed E-state index contributed by atoms with van der Waals surface area (Å²) in [5.74, 6) is 0.711. The van der Waals surface area contributed by atoms with Crippen LogP contribution in [0.2, 0.25) is 0 Å². The Hall–Kier alpha value is -0.770. The minimum atomic E-state index is 0.00981. The summed E-state index contributed by atoms with van der Waals surface area (Å²) in [5, 5.41) is 5.96. The van der Waals surface area contributed by atoms with Gasteiger partial charge in [-0.2, -0.15) is 0 Å². The first-order valence-corrected chi connectivity index (χ1v) is 6.06. The molecule has 0 aliphatic carbocycles. The monoisotopic (exact) mass is 211 g/mol. The van der Waals surface area contributed by atoms with Crippen molar-refractivity contribution in [1.82, 2.24) is 15.5 Å². The lowest BCUT2D eigenvalue weighted by molar-refractivity contribution is 0.0766. The number of carbonyl (C=O) groups excluding carboxylic acids is 1. The van der Waals surface area contributed by atoms with Gasteiger partial charge in [0.1, 0.15) is 0 Å². The van der Waals surface area contributed by atoms with Crippen LogP contribution in [0.4, 0.5) is 4.79 Å². The number of amides is 2. The number of nitrogens with one attached hydrogen (secondary N) is 2. The summed E-state index contributed by atoms with van der Waals surface area (Å²) in [6, 6.07) is 0.389. The fraction of sp³-hybridized carbons (Fsp3) is 0.909. The average molecular weight is 211 g/mol. The highest BCUT2D eigenvalue weighted by atomic mass is 16.2. The molecule has 0 aromatic heterocycles. The zero-order valence-corrected chi connectivity index (χ0v) is 9.46. The summed E-state index contributed by atoms with van der Waals surface area (Å²) in [6.45, 7) is 6.32. The van der Waals surface area contributed by atoms with E-state index < -0.39 is 0 Å². The van der Waals surface area contributed by atoms with E-state index in [0.29, 0.717) is 12.0 Å². The van der Waals surface area contributed by atoms with Crippen LogP contribution in [0.1, 0.15) is 26.2 Å². The van der Waals surface area contributed by atoms with Gasteiger partial charge >= 0.3 is 6.03 Å². The van der Waals surface area contributed by atoms with Crippen molar-refractivity contribution in [2.45, 2.75) is 32.2 Å². The van der Waals surface area contributed by atoms with Gasteiger partial charge < -0.3 is 15.5 Å². The van der Waals surface area contributed by atoms with E-state index in [2.05, 4.69) is 22.5 Å². The van der Waals surface area contributed by atoms with Crippen LogP contribution in [0.25, 0.3) is 0 Å². The van der Waals surface area contributed by atoms with E-state index in [-0.39, 0.29) is 6.03 Å². The van der Waals surface area contributed by atoms with E-state index in [1.54, 1.807) is 0 Å². The molecule has 2 N–H and O–H groups in total. The molecule has 3 fully saturated rings. The number of fused-ring (bicyclic) bond motifs is 3. The second-order valence-corrected chi connectivity index (χ2v) is 4.64. The summed E-state index contributed by atoms with van der Waals surface area (Å²) in [5.41, 5.74) is 0. The minimum absolute atomic E-state index is 0.00981. The smallest absolute Gasteiger partial charge is 0.315 e. The summed E-state index contributed by atoms with van der Waals surface area (Å²) in [7, 11) is 0. The van der Waals surface area contributed by atoms with Crippen molar-refractivity contribution >= 4 is 6.03 Å². The normalized spacial score (nSPS) is 33.8. The van der Waals surface area contributed by atoms with Gasteiger partial charge in [-0.15, -0.1) is 0 Å². The first-order chi connectivity index (χ1) is 7.29. The lowest BCUT2D eigenvalue weighted by Gasteiger charge is -2.44. The molecule has 3 aliphatic rings. The van der Waals surface area contributed by atoms with Crippen LogP contribution in [0.3, 0.4) is 0 Å². The van der Waals surface area contributed by atoms with Crippen LogP contribution in [0.5, 0.6) is 0 Å². The third-order valence-corrected chi connectivity index (χ3v) is 3.51. The van der Waals surface area contributed by atoms with E-state index in [1.165, 1.54) is 25.9 Å². The molecule has 3 saturated heterocycles. The summed E-state index contributed by atoms with van der Waals surface area (Å²) in [6.07, 6.45) is 3.49. The molecule has 3 rings (SSSR count). The second-order valence-electron chi connectivity index (χ2n) is 4.64. The highest BCUT2D eigenvalue weighted by Crippen LogP contribution is 2.27. The molecule has 1 unspecified atom stereocenters. The van der Waals surface area contributed by atoms with Gasteiger partial charge in [0.05, 0.1) is 0 Å². The number of nitrogens with zero attached hydrogens (tertiary/aromatic N) is 1. The Kier molecular flexibility index (Phi) is 3.46. The Bertz CT molecular complexity index is 224. The molecule has 0 aromatic rings. The maximum Gasteiger partial charge on any atom is 0.315 e. The van der Waals surface area contributed by atoms with E-state index in [4.69, 9.17) is 0 Å². The van der Waals surface area contributed by atoms with Crippen molar-refractivity contribution in [2.24, 2.45) is 5.92 Å².